The van der Waals surface area contributed by atoms with Gasteiger partial charge in [-0.2, -0.15) is 0 Å². The molecule has 5 heteroatoms. The van der Waals surface area contributed by atoms with E-state index in [4.69, 9.17) is 11.6 Å². The van der Waals surface area contributed by atoms with Crippen molar-refractivity contribution in [3.05, 3.63) is 21.3 Å². The van der Waals surface area contributed by atoms with Crippen molar-refractivity contribution in [2.45, 2.75) is 25.3 Å². The molecule has 1 heterocycles. The lowest BCUT2D eigenvalue weighted by Crippen LogP contribution is -2.37. The number of alkyl halides is 1. The number of nitrogens with one attached hydrogen (secondary N) is 1. The van der Waals surface area contributed by atoms with E-state index in [1.165, 1.54) is 24.2 Å². The van der Waals surface area contributed by atoms with Crippen LogP contribution in [0.5, 0.6) is 0 Å². The van der Waals surface area contributed by atoms with E-state index in [0.29, 0.717) is 21.9 Å². The van der Waals surface area contributed by atoms with Crippen LogP contribution < -0.4 is 5.32 Å². The van der Waals surface area contributed by atoms with Gasteiger partial charge in [0.1, 0.15) is 4.88 Å². The second-order valence-electron chi connectivity index (χ2n) is 4.02. The number of thiophene rings is 1. The van der Waals surface area contributed by atoms with E-state index in [1.54, 1.807) is 6.07 Å². The van der Waals surface area contributed by atoms with Gasteiger partial charge < -0.3 is 5.32 Å². The number of carbonyl (C=O) groups excluding carboxylic acids is 1. The number of hydrogen-bond acceptors (Lipinski definition) is 2. The highest BCUT2D eigenvalue weighted by Gasteiger charge is 2.28. The van der Waals surface area contributed by atoms with Gasteiger partial charge in [0, 0.05) is 11.4 Å². The molecule has 88 valence electrons. The van der Waals surface area contributed by atoms with Crippen molar-refractivity contribution in [1.29, 1.82) is 0 Å². The molecule has 0 aliphatic heterocycles. The zero-order valence-electron chi connectivity index (χ0n) is 8.71. The molecule has 1 aromatic rings. The lowest BCUT2D eigenvalue weighted by Gasteiger charge is -2.18. The van der Waals surface area contributed by atoms with Gasteiger partial charge in [-0.05, 0) is 30.2 Å². The molecule has 1 aromatic heterocycles. The Morgan fingerprint density at radius 2 is 2.44 bits per heavy atom. The lowest BCUT2D eigenvalue weighted by atomic mass is 10.1. The molecule has 0 aromatic carbocycles. The van der Waals surface area contributed by atoms with E-state index >= 15 is 0 Å². The van der Waals surface area contributed by atoms with Gasteiger partial charge in [-0.25, -0.2) is 0 Å². The van der Waals surface area contributed by atoms with Crippen molar-refractivity contribution in [3.63, 3.8) is 0 Å². The molecule has 2 rings (SSSR count). The fraction of sp³-hybridized carbons (Fsp3) is 0.545. The van der Waals surface area contributed by atoms with E-state index in [-0.39, 0.29) is 5.91 Å². The number of hydrogen-bond donors (Lipinski definition) is 1. The molecular weight excluding hydrogens is 310 g/mol. The lowest BCUT2D eigenvalue weighted by molar-refractivity contribution is 0.0934. The molecule has 0 radical (unpaired) electrons. The van der Waals surface area contributed by atoms with Crippen LogP contribution in [0.4, 0.5) is 0 Å². The Morgan fingerprint density at radius 1 is 1.62 bits per heavy atom. The van der Waals surface area contributed by atoms with Crippen LogP contribution in [0.2, 0.25) is 5.02 Å². The predicted octanol–water partition coefficient (Wildman–Crippen LogP) is 3.69. The van der Waals surface area contributed by atoms with Crippen LogP contribution in [0.15, 0.2) is 11.4 Å². The normalized spacial score (nSPS) is 24.6. The highest BCUT2D eigenvalue weighted by Crippen LogP contribution is 2.28. The molecule has 1 saturated carbocycles. The van der Waals surface area contributed by atoms with Gasteiger partial charge in [-0.1, -0.05) is 34.0 Å². The van der Waals surface area contributed by atoms with E-state index in [9.17, 15) is 4.79 Å². The fourth-order valence-corrected chi connectivity index (χ4v) is 3.92. The SMILES string of the molecule is O=C(NC1CCCC1CBr)c1sccc1Cl. The Kier molecular flexibility index (Phi) is 4.27. The zero-order chi connectivity index (χ0) is 11.5. The first-order valence-corrected chi connectivity index (χ1v) is 7.70. The van der Waals surface area contributed by atoms with Crippen LogP contribution in [0.3, 0.4) is 0 Å². The van der Waals surface area contributed by atoms with Crippen LogP contribution in [0.25, 0.3) is 0 Å². The maximum atomic E-state index is 11.9. The number of halogens is 2. The van der Waals surface area contributed by atoms with Gasteiger partial charge in [0.05, 0.1) is 5.02 Å². The maximum Gasteiger partial charge on any atom is 0.263 e. The molecule has 16 heavy (non-hydrogen) atoms. The van der Waals surface area contributed by atoms with Gasteiger partial charge in [0.25, 0.3) is 5.91 Å². The molecule has 2 nitrogen and oxygen atoms in total. The van der Waals surface area contributed by atoms with Crippen molar-refractivity contribution >= 4 is 44.8 Å². The Hall–Kier alpha value is -0.0600. The molecular formula is C11H13BrClNOS. The molecule has 1 amide bonds. The van der Waals surface area contributed by atoms with Crippen LogP contribution in [-0.4, -0.2) is 17.3 Å². The molecule has 2 atom stereocenters. The number of rotatable bonds is 3. The smallest absolute Gasteiger partial charge is 0.263 e. The average Bonchev–Trinajstić information content (AvgIpc) is 2.86. The van der Waals surface area contributed by atoms with Crippen LogP contribution >= 0.6 is 38.9 Å². The minimum Gasteiger partial charge on any atom is -0.348 e. The molecule has 1 aliphatic rings. The Balaban J connectivity index is 2.00. The summed E-state index contributed by atoms with van der Waals surface area (Å²) in [6.45, 7) is 0. The molecule has 2 unspecified atom stereocenters. The summed E-state index contributed by atoms with van der Waals surface area (Å²) in [7, 11) is 0. The van der Waals surface area contributed by atoms with Gasteiger partial charge in [0.2, 0.25) is 0 Å². The Morgan fingerprint density at radius 3 is 3.06 bits per heavy atom. The first kappa shape index (κ1) is 12.4. The van der Waals surface area contributed by atoms with Crippen molar-refractivity contribution in [3.8, 4) is 0 Å². The van der Waals surface area contributed by atoms with Crippen LogP contribution in [-0.2, 0) is 0 Å². The Labute approximate surface area is 113 Å². The highest BCUT2D eigenvalue weighted by molar-refractivity contribution is 9.09. The number of amides is 1. The second kappa shape index (κ2) is 5.52. The first-order valence-electron chi connectivity index (χ1n) is 5.32. The van der Waals surface area contributed by atoms with E-state index in [1.807, 2.05) is 5.38 Å². The van der Waals surface area contributed by atoms with Crippen molar-refractivity contribution < 1.29 is 4.79 Å². The summed E-state index contributed by atoms with van der Waals surface area (Å²) in [4.78, 5) is 12.6. The van der Waals surface area contributed by atoms with Crippen molar-refractivity contribution in [2.24, 2.45) is 5.92 Å². The minimum absolute atomic E-state index is 0.0298. The highest BCUT2D eigenvalue weighted by atomic mass is 79.9. The zero-order valence-corrected chi connectivity index (χ0v) is 11.9. The van der Waals surface area contributed by atoms with Gasteiger partial charge in [0.15, 0.2) is 0 Å². The second-order valence-corrected chi connectivity index (χ2v) is 5.99. The first-order chi connectivity index (χ1) is 7.72. The molecule has 1 fully saturated rings. The molecule has 0 spiro atoms. The van der Waals surface area contributed by atoms with E-state index in [0.717, 1.165) is 11.8 Å². The van der Waals surface area contributed by atoms with Crippen LogP contribution in [0.1, 0.15) is 28.9 Å². The third-order valence-electron chi connectivity index (χ3n) is 3.00. The minimum atomic E-state index is -0.0298. The quantitative estimate of drug-likeness (QED) is 0.845. The summed E-state index contributed by atoms with van der Waals surface area (Å²) in [5, 5.41) is 6.43. The summed E-state index contributed by atoms with van der Waals surface area (Å²) in [5.41, 5.74) is 0. The van der Waals surface area contributed by atoms with Gasteiger partial charge >= 0.3 is 0 Å². The average molecular weight is 323 g/mol. The van der Waals surface area contributed by atoms with E-state index < -0.39 is 0 Å². The standard InChI is InChI=1S/C11H13BrClNOS/c12-6-7-2-1-3-9(7)14-11(15)10-8(13)4-5-16-10/h4-5,7,9H,1-3,6H2,(H,14,15). The predicted molar refractivity (Wildman–Crippen MR) is 71.7 cm³/mol. The van der Waals surface area contributed by atoms with Crippen molar-refractivity contribution in [2.75, 3.05) is 5.33 Å². The van der Waals surface area contributed by atoms with Crippen LogP contribution in [0, 0.1) is 5.92 Å². The molecule has 1 N–H and O–H groups in total. The topological polar surface area (TPSA) is 29.1 Å². The molecule has 0 saturated heterocycles. The fourth-order valence-electron chi connectivity index (χ4n) is 2.10. The van der Waals surface area contributed by atoms with Gasteiger partial charge in [-0.3, -0.25) is 4.79 Å². The largest absolute Gasteiger partial charge is 0.348 e. The summed E-state index contributed by atoms with van der Waals surface area (Å²) in [6, 6.07) is 2.06. The molecule has 0 bridgehead atoms. The summed E-state index contributed by atoms with van der Waals surface area (Å²) < 4.78 is 0. The monoisotopic (exact) mass is 321 g/mol. The Bertz CT molecular complexity index is 382. The summed E-state index contributed by atoms with van der Waals surface area (Å²) in [5.74, 6) is 0.528. The van der Waals surface area contributed by atoms with Gasteiger partial charge in [-0.15, -0.1) is 11.3 Å². The third kappa shape index (κ3) is 2.60. The molecule has 1 aliphatic carbocycles. The number of carbonyl (C=O) groups is 1. The summed E-state index contributed by atoms with van der Waals surface area (Å²) >= 11 is 10.8. The third-order valence-corrected chi connectivity index (χ3v) is 5.17. The summed E-state index contributed by atoms with van der Waals surface area (Å²) in [6.07, 6.45) is 3.46. The maximum absolute atomic E-state index is 11.9. The van der Waals surface area contributed by atoms with Crippen molar-refractivity contribution in [1.82, 2.24) is 5.32 Å². The van der Waals surface area contributed by atoms with E-state index in [2.05, 4.69) is 21.2 Å².